The number of rotatable bonds is 4. The summed E-state index contributed by atoms with van der Waals surface area (Å²) in [6.07, 6.45) is 11.0. The zero-order chi connectivity index (χ0) is 14.2. The molecule has 1 aromatic heterocycles. The van der Waals surface area contributed by atoms with Gasteiger partial charge in [0.05, 0.1) is 0 Å². The molecule has 3 aliphatic rings. The summed E-state index contributed by atoms with van der Waals surface area (Å²) in [5.74, 6) is 0. The molecule has 3 atom stereocenters. The van der Waals surface area contributed by atoms with E-state index in [-0.39, 0.29) is 0 Å². The topological polar surface area (TPSA) is 15.3 Å². The molecular formula is C18H28N2S. The number of nitrogens with zero attached hydrogens (tertiary/aromatic N) is 1. The minimum absolute atomic E-state index is 0.711. The summed E-state index contributed by atoms with van der Waals surface area (Å²) in [5, 5.41) is 6.13. The highest BCUT2D eigenvalue weighted by Gasteiger charge is 2.39. The van der Waals surface area contributed by atoms with Gasteiger partial charge >= 0.3 is 0 Å². The molecule has 3 heteroatoms. The Kier molecular flexibility index (Phi) is 4.08. The van der Waals surface area contributed by atoms with Crippen LogP contribution in [-0.4, -0.2) is 29.6 Å². The Labute approximate surface area is 132 Å². The summed E-state index contributed by atoms with van der Waals surface area (Å²) in [5.41, 5.74) is 1.67. The van der Waals surface area contributed by atoms with Gasteiger partial charge < -0.3 is 5.32 Å². The molecule has 2 saturated heterocycles. The molecule has 0 saturated carbocycles. The highest BCUT2D eigenvalue weighted by Crippen LogP contribution is 2.41. The van der Waals surface area contributed by atoms with Gasteiger partial charge in [0, 0.05) is 29.0 Å². The molecule has 116 valence electrons. The maximum Gasteiger partial charge on any atom is 0.0362 e. The second-order valence-electron chi connectivity index (χ2n) is 7.21. The molecular weight excluding hydrogens is 276 g/mol. The molecule has 0 aromatic carbocycles. The molecule has 2 nitrogen and oxygen atoms in total. The highest BCUT2D eigenvalue weighted by molar-refractivity contribution is 7.10. The predicted molar refractivity (Wildman–Crippen MR) is 90.0 cm³/mol. The standard InChI is InChI=1S/C18H28N2S/c1-2-9-20(15-11-13-6-7-14(12-15)19-13)17-4-3-5-18-16(17)8-10-21-18/h8,10,13-15,17,19H,2-7,9,11-12H2,1H3. The van der Waals surface area contributed by atoms with E-state index in [9.17, 15) is 0 Å². The molecule has 2 bridgehead atoms. The van der Waals surface area contributed by atoms with Crippen molar-refractivity contribution >= 4 is 11.3 Å². The summed E-state index contributed by atoms with van der Waals surface area (Å²) in [4.78, 5) is 4.57. The molecule has 4 rings (SSSR count). The number of hydrogen-bond donors (Lipinski definition) is 1. The third-order valence-electron chi connectivity index (χ3n) is 5.82. The largest absolute Gasteiger partial charge is 0.311 e. The fourth-order valence-electron chi connectivity index (χ4n) is 4.96. The zero-order valence-electron chi connectivity index (χ0n) is 13.2. The van der Waals surface area contributed by atoms with Crippen LogP contribution in [0.2, 0.25) is 0 Å². The van der Waals surface area contributed by atoms with Gasteiger partial charge in [0.1, 0.15) is 0 Å². The summed E-state index contributed by atoms with van der Waals surface area (Å²) in [6, 6.07) is 5.56. The summed E-state index contributed by atoms with van der Waals surface area (Å²) >= 11 is 1.99. The average molecular weight is 305 g/mol. The van der Waals surface area contributed by atoms with Crippen molar-refractivity contribution in [2.24, 2.45) is 0 Å². The van der Waals surface area contributed by atoms with Crippen LogP contribution >= 0.6 is 11.3 Å². The first-order valence-electron chi connectivity index (χ1n) is 8.93. The molecule has 0 amide bonds. The number of aryl methyl sites for hydroxylation is 1. The molecule has 2 aliphatic heterocycles. The van der Waals surface area contributed by atoms with Gasteiger partial charge in [-0.25, -0.2) is 0 Å². The van der Waals surface area contributed by atoms with Crippen molar-refractivity contribution in [3.8, 4) is 0 Å². The van der Waals surface area contributed by atoms with Crippen molar-refractivity contribution in [3.05, 3.63) is 21.9 Å². The van der Waals surface area contributed by atoms with Crippen LogP contribution in [0.15, 0.2) is 11.4 Å². The van der Waals surface area contributed by atoms with Gasteiger partial charge in [-0.15, -0.1) is 11.3 Å². The average Bonchev–Trinajstić information content (AvgIpc) is 3.11. The number of hydrogen-bond acceptors (Lipinski definition) is 3. The predicted octanol–water partition coefficient (Wildman–Crippen LogP) is 4.12. The first-order valence-corrected chi connectivity index (χ1v) is 9.81. The van der Waals surface area contributed by atoms with Crippen molar-refractivity contribution in [1.29, 1.82) is 0 Å². The van der Waals surface area contributed by atoms with Crippen LogP contribution in [0.3, 0.4) is 0 Å². The van der Waals surface area contributed by atoms with Crippen molar-refractivity contribution in [2.45, 2.75) is 82.5 Å². The molecule has 2 fully saturated rings. The Balaban J connectivity index is 1.57. The lowest BCUT2D eigenvalue weighted by Gasteiger charge is -2.43. The second kappa shape index (κ2) is 6.02. The van der Waals surface area contributed by atoms with E-state index in [0.29, 0.717) is 6.04 Å². The van der Waals surface area contributed by atoms with E-state index < -0.39 is 0 Å². The summed E-state index contributed by atoms with van der Waals surface area (Å²) < 4.78 is 0. The van der Waals surface area contributed by atoms with Crippen LogP contribution in [0.5, 0.6) is 0 Å². The Hall–Kier alpha value is -0.380. The Morgan fingerprint density at radius 2 is 2.05 bits per heavy atom. The quantitative estimate of drug-likeness (QED) is 0.900. The van der Waals surface area contributed by atoms with E-state index in [1.165, 1.54) is 57.9 Å². The van der Waals surface area contributed by atoms with E-state index in [1.54, 1.807) is 10.4 Å². The lowest BCUT2D eigenvalue weighted by atomic mass is 9.89. The maximum absolute atomic E-state index is 3.81. The molecule has 0 radical (unpaired) electrons. The molecule has 1 aromatic rings. The molecule has 21 heavy (non-hydrogen) atoms. The number of thiophene rings is 1. The third-order valence-corrected chi connectivity index (χ3v) is 6.82. The minimum atomic E-state index is 0.711. The van der Waals surface area contributed by atoms with Crippen LogP contribution in [0.1, 0.15) is 68.4 Å². The monoisotopic (exact) mass is 304 g/mol. The fourth-order valence-corrected chi connectivity index (χ4v) is 5.94. The Morgan fingerprint density at radius 3 is 2.81 bits per heavy atom. The molecule has 1 aliphatic carbocycles. The van der Waals surface area contributed by atoms with Gasteiger partial charge in [0.15, 0.2) is 0 Å². The molecule has 1 N–H and O–H groups in total. The van der Waals surface area contributed by atoms with E-state index in [0.717, 1.165) is 18.1 Å². The third kappa shape index (κ3) is 2.69. The zero-order valence-corrected chi connectivity index (χ0v) is 14.0. The van der Waals surface area contributed by atoms with Crippen LogP contribution in [0.4, 0.5) is 0 Å². The van der Waals surface area contributed by atoms with Gasteiger partial charge in [0.25, 0.3) is 0 Å². The number of nitrogens with one attached hydrogen (secondary N) is 1. The summed E-state index contributed by atoms with van der Waals surface area (Å²) in [6.45, 7) is 3.63. The van der Waals surface area contributed by atoms with Gasteiger partial charge in [-0.1, -0.05) is 6.92 Å². The SMILES string of the molecule is CCCN(C1CC2CCC(C1)N2)C1CCCc2sccc21. The second-order valence-corrected chi connectivity index (χ2v) is 8.21. The first kappa shape index (κ1) is 14.2. The van der Waals surface area contributed by atoms with E-state index in [4.69, 9.17) is 0 Å². The van der Waals surface area contributed by atoms with Crippen molar-refractivity contribution in [1.82, 2.24) is 10.2 Å². The van der Waals surface area contributed by atoms with E-state index in [1.807, 2.05) is 11.3 Å². The van der Waals surface area contributed by atoms with Crippen LogP contribution in [-0.2, 0) is 6.42 Å². The molecule has 3 heterocycles. The van der Waals surface area contributed by atoms with Crippen LogP contribution in [0.25, 0.3) is 0 Å². The maximum atomic E-state index is 3.81. The lowest BCUT2D eigenvalue weighted by Crippen LogP contribution is -2.49. The number of fused-ring (bicyclic) bond motifs is 3. The van der Waals surface area contributed by atoms with Crippen LogP contribution < -0.4 is 5.32 Å². The van der Waals surface area contributed by atoms with Crippen molar-refractivity contribution < 1.29 is 0 Å². The Morgan fingerprint density at radius 1 is 1.24 bits per heavy atom. The Bertz CT molecular complexity index is 471. The molecule has 0 spiro atoms. The first-order chi connectivity index (χ1) is 10.3. The van der Waals surface area contributed by atoms with E-state index in [2.05, 4.69) is 28.6 Å². The van der Waals surface area contributed by atoms with Gasteiger partial charge in [-0.2, -0.15) is 0 Å². The fraction of sp³-hybridized carbons (Fsp3) is 0.778. The van der Waals surface area contributed by atoms with Crippen molar-refractivity contribution in [2.75, 3.05) is 6.54 Å². The smallest absolute Gasteiger partial charge is 0.0362 e. The lowest BCUT2D eigenvalue weighted by molar-refractivity contribution is 0.0840. The molecule has 3 unspecified atom stereocenters. The van der Waals surface area contributed by atoms with Gasteiger partial charge in [-0.05, 0) is 74.9 Å². The van der Waals surface area contributed by atoms with E-state index >= 15 is 0 Å². The van der Waals surface area contributed by atoms with Gasteiger partial charge in [-0.3, -0.25) is 4.90 Å². The van der Waals surface area contributed by atoms with Crippen molar-refractivity contribution in [3.63, 3.8) is 0 Å². The summed E-state index contributed by atoms with van der Waals surface area (Å²) in [7, 11) is 0. The number of piperidine rings is 1. The normalized spacial score (nSPS) is 35.1. The van der Waals surface area contributed by atoms with Crippen LogP contribution in [0, 0.1) is 0 Å². The van der Waals surface area contributed by atoms with Gasteiger partial charge in [0.2, 0.25) is 0 Å². The highest BCUT2D eigenvalue weighted by atomic mass is 32.1. The minimum Gasteiger partial charge on any atom is -0.311 e.